The predicted octanol–water partition coefficient (Wildman–Crippen LogP) is 2.17. The number of rotatable bonds is 0. The third-order valence-corrected chi connectivity index (χ3v) is 2.90. The van der Waals surface area contributed by atoms with Gasteiger partial charge in [-0.1, -0.05) is 48.2 Å². The highest BCUT2D eigenvalue weighted by molar-refractivity contribution is 6.55. The quantitative estimate of drug-likeness (QED) is 0.482. The van der Waals surface area contributed by atoms with Crippen molar-refractivity contribution in [1.29, 1.82) is 0 Å². The average molecular weight is 232 g/mol. The first-order valence-electron chi connectivity index (χ1n) is 5.53. The van der Waals surface area contributed by atoms with Gasteiger partial charge in [-0.25, -0.2) is 0 Å². The summed E-state index contributed by atoms with van der Waals surface area (Å²) in [6.45, 7) is 0. The Kier molecular flexibility index (Phi) is 4.23. The van der Waals surface area contributed by atoms with Crippen molar-refractivity contribution in [2.45, 2.75) is 0 Å². The maximum atomic E-state index is 3.19. The van der Waals surface area contributed by atoms with Crippen LogP contribution >= 0.6 is 0 Å². The summed E-state index contributed by atoms with van der Waals surface area (Å²) in [5.74, 6) is 6.28. The third kappa shape index (κ3) is 4.03. The second kappa shape index (κ2) is 6.38. The molecule has 0 fully saturated rings. The van der Waals surface area contributed by atoms with Crippen LogP contribution in [-0.2, 0) is 0 Å². The molecule has 17 heavy (non-hydrogen) atoms. The van der Waals surface area contributed by atoms with Gasteiger partial charge in [0.25, 0.3) is 0 Å². The van der Waals surface area contributed by atoms with Gasteiger partial charge in [0, 0.05) is 11.1 Å². The molecule has 0 radical (unpaired) electrons. The lowest BCUT2D eigenvalue weighted by Crippen LogP contribution is -1.80. The van der Waals surface area contributed by atoms with Crippen LogP contribution in [0, 0.1) is 22.9 Å². The van der Waals surface area contributed by atoms with Crippen LogP contribution in [0.2, 0.25) is 0 Å². The zero-order valence-corrected chi connectivity index (χ0v) is 10.9. The molecule has 2 aromatic carbocycles. The number of hydrogen-bond acceptors (Lipinski definition) is 0. The summed E-state index contributed by atoms with van der Waals surface area (Å²) in [5.41, 5.74) is 8.52. The maximum Gasteiger partial charge on any atom is 0.188 e. The minimum atomic E-state index is -0.599. The van der Waals surface area contributed by atoms with Gasteiger partial charge in [0.2, 0.25) is 0 Å². The van der Waals surface area contributed by atoms with E-state index in [0.717, 1.165) is 11.1 Å². The first-order chi connectivity index (χ1) is 8.45. The molecule has 80 valence electrons. The first-order valence-corrected chi connectivity index (χ1v) is 6.94. The largest absolute Gasteiger partial charge is 0.188 e. The lowest BCUT2D eigenvalue weighted by atomic mass is 10.2. The summed E-state index contributed by atoms with van der Waals surface area (Å²) in [5, 5.41) is 0. The van der Waals surface area contributed by atoms with Gasteiger partial charge < -0.3 is 0 Å². The van der Waals surface area contributed by atoms with Crippen molar-refractivity contribution >= 4 is 9.52 Å². The van der Waals surface area contributed by atoms with Gasteiger partial charge in [-0.3, -0.25) is 0 Å². The summed E-state index contributed by atoms with van der Waals surface area (Å²) in [6, 6.07) is 20.1. The molecule has 0 aromatic heterocycles. The van der Waals surface area contributed by atoms with E-state index >= 15 is 0 Å². The molecule has 0 unspecified atom stereocenters. The third-order valence-electron chi connectivity index (χ3n) is 2.19. The molecule has 0 spiro atoms. The Balaban J connectivity index is 1.93. The van der Waals surface area contributed by atoms with E-state index in [2.05, 4.69) is 22.9 Å². The zero-order valence-electron chi connectivity index (χ0n) is 9.48. The van der Waals surface area contributed by atoms with Crippen LogP contribution in [0.25, 0.3) is 0 Å². The van der Waals surface area contributed by atoms with Crippen molar-refractivity contribution in [3.8, 4) is 22.9 Å². The van der Waals surface area contributed by atoms with Crippen LogP contribution in [0.1, 0.15) is 11.1 Å². The van der Waals surface area contributed by atoms with E-state index in [1.54, 1.807) is 0 Å². The molecule has 2 rings (SSSR count). The fourth-order valence-electron chi connectivity index (χ4n) is 1.38. The Bertz CT molecular complexity index is 522. The summed E-state index contributed by atoms with van der Waals surface area (Å²) in [6.07, 6.45) is 0. The van der Waals surface area contributed by atoms with Crippen LogP contribution in [0.3, 0.4) is 0 Å². The minimum Gasteiger partial charge on any atom is -0.118 e. The van der Waals surface area contributed by atoms with Gasteiger partial charge in [0.1, 0.15) is 0 Å². The van der Waals surface area contributed by atoms with Crippen molar-refractivity contribution in [1.82, 2.24) is 0 Å². The summed E-state index contributed by atoms with van der Waals surface area (Å²) >= 11 is 0. The Morgan fingerprint density at radius 1 is 0.588 bits per heavy atom. The van der Waals surface area contributed by atoms with E-state index in [-0.39, 0.29) is 0 Å². The van der Waals surface area contributed by atoms with Crippen LogP contribution in [0.4, 0.5) is 0 Å². The van der Waals surface area contributed by atoms with E-state index in [4.69, 9.17) is 0 Å². The fraction of sp³-hybridized carbons (Fsp3) is 0. The monoisotopic (exact) mass is 232 g/mol. The van der Waals surface area contributed by atoms with Crippen molar-refractivity contribution in [2.24, 2.45) is 0 Å². The lowest BCUT2D eigenvalue weighted by molar-refractivity contribution is 1.65. The summed E-state index contributed by atoms with van der Waals surface area (Å²) in [4.78, 5) is 0. The van der Waals surface area contributed by atoms with Gasteiger partial charge in [-0.2, -0.15) is 0 Å². The topological polar surface area (TPSA) is 0 Å². The normalized spacial score (nSPS) is 8.47. The SMILES string of the molecule is C(#Cc1ccccc1)[SiH2]C#Cc1ccccc1. The molecule has 0 aliphatic carbocycles. The van der Waals surface area contributed by atoms with Gasteiger partial charge in [0.05, 0.1) is 0 Å². The molecular weight excluding hydrogens is 220 g/mol. The van der Waals surface area contributed by atoms with Gasteiger partial charge in [0.15, 0.2) is 9.52 Å². The van der Waals surface area contributed by atoms with Crippen LogP contribution < -0.4 is 0 Å². The molecule has 0 saturated heterocycles. The van der Waals surface area contributed by atoms with Crippen LogP contribution in [0.5, 0.6) is 0 Å². The van der Waals surface area contributed by atoms with Crippen molar-refractivity contribution in [3.05, 3.63) is 71.8 Å². The molecule has 0 saturated carbocycles. The zero-order chi connectivity index (χ0) is 11.8. The van der Waals surface area contributed by atoms with Crippen molar-refractivity contribution in [2.75, 3.05) is 0 Å². The Hall–Kier alpha value is -2.22. The predicted molar refractivity (Wildman–Crippen MR) is 75.2 cm³/mol. The van der Waals surface area contributed by atoms with E-state index in [1.165, 1.54) is 0 Å². The molecule has 0 bridgehead atoms. The molecule has 0 nitrogen and oxygen atoms in total. The van der Waals surface area contributed by atoms with Crippen LogP contribution in [-0.4, -0.2) is 9.52 Å². The van der Waals surface area contributed by atoms with E-state index in [9.17, 15) is 0 Å². The van der Waals surface area contributed by atoms with E-state index in [0.29, 0.717) is 0 Å². The molecule has 2 aromatic rings. The minimum absolute atomic E-state index is 0.599. The van der Waals surface area contributed by atoms with E-state index in [1.807, 2.05) is 60.7 Å². The standard InChI is InChI=1S/C16H12Si/c1-3-7-15(8-4-1)11-13-17-14-12-16-9-5-2-6-10-16/h1-10H,17H2. The highest BCUT2D eigenvalue weighted by Gasteiger charge is 1.81. The lowest BCUT2D eigenvalue weighted by Gasteiger charge is -1.85. The molecular formula is C16H12Si. The number of benzene rings is 2. The molecule has 0 aliphatic rings. The van der Waals surface area contributed by atoms with Crippen molar-refractivity contribution < 1.29 is 0 Å². The first kappa shape index (κ1) is 11.3. The Morgan fingerprint density at radius 2 is 1.00 bits per heavy atom. The molecule has 0 heterocycles. The fourth-order valence-corrected chi connectivity index (χ4v) is 2.05. The Labute approximate surface area is 105 Å². The molecule has 0 amide bonds. The van der Waals surface area contributed by atoms with Gasteiger partial charge >= 0.3 is 0 Å². The maximum absolute atomic E-state index is 3.19. The molecule has 0 atom stereocenters. The summed E-state index contributed by atoms with van der Waals surface area (Å²) < 4.78 is 0. The van der Waals surface area contributed by atoms with Gasteiger partial charge in [-0.15, -0.1) is 11.1 Å². The highest BCUT2D eigenvalue weighted by atomic mass is 28.2. The smallest absolute Gasteiger partial charge is 0.118 e. The molecule has 0 N–H and O–H groups in total. The number of hydrogen-bond donors (Lipinski definition) is 0. The molecule has 1 heteroatoms. The second-order valence-electron chi connectivity index (χ2n) is 3.51. The highest BCUT2D eigenvalue weighted by Crippen LogP contribution is 1.95. The molecule has 0 aliphatic heterocycles. The van der Waals surface area contributed by atoms with E-state index < -0.39 is 9.52 Å². The summed E-state index contributed by atoms with van der Waals surface area (Å²) in [7, 11) is -0.599. The van der Waals surface area contributed by atoms with Gasteiger partial charge in [-0.05, 0) is 24.3 Å². The van der Waals surface area contributed by atoms with Crippen molar-refractivity contribution in [3.63, 3.8) is 0 Å². The second-order valence-corrected chi connectivity index (χ2v) is 4.57. The average Bonchev–Trinajstić information content (AvgIpc) is 2.41. The van der Waals surface area contributed by atoms with Crippen LogP contribution in [0.15, 0.2) is 60.7 Å². The Morgan fingerprint density at radius 3 is 1.41 bits per heavy atom.